The van der Waals surface area contributed by atoms with Gasteiger partial charge in [-0.1, -0.05) is 8.64 Å². The van der Waals surface area contributed by atoms with Crippen molar-refractivity contribution in [3.8, 4) is 0 Å². The maximum absolute atomic E-state index is 11.3. The molecule has 0 radical (unpaired) electrons. The Bertz CT molecular complexity index is 759. The summed E-state index contributed by atoms with van der Waals surface area (Å²) in [6.45, 7) is -0.0563. The normalized spacial score (nSPS) is 28.0. The van der Waals surface area contributed by atoms with E-state index >= 15 is 0 Å². The smallest absolute Gasteiger partial charge is 0.411 e. The van der Waals surface area contributed by atoms with Crippen molar-refractivity contribution >= 4 is 78.0 Å². The van der Waals surface area contributed by atoms with Gasteiger partial charge in [0, 0.05) is 13.1 Å². The van der Waals surface area contributed by atoms with Crippen molar-refractivity contribution in [2.24, 2.45) is 0 Å². The number of hydrogen-bond acceptors (Lipinski definition) is 12. The van der Waals surface area contributed by atoms with Crippen LogP contribution in [0.25, 0.3) is 0 Å². The zero-order valence-corrected chi connectivity index (χ0v) is 25.4. The summed E-state index contributed by atoms with van der Waals surface area (Å²) < 4.78 is 45.2. The first-order chi connectivity index (χ1) is 13.7. The van der Waals surface area contributed by atoms with Crippen LogP contribution in [0.1, 0.15) is 0 Å². The third kappa shape index (κ3) is 9.95. The van der Waals surface area contributed by atoms with Crippen molar-refractivity contribution in [1.29, 1.82) is 0 Å². The van der Waals surface area contributed by atoms with E-state index in [9.17, 15) is 27.0 Å². The number of nitrogens with zero attached hydrogens (tertiary/aromatic N) is 2. The SMILES string of the molecule is O=S1(=O)CC(O)C(N(CCO)C(=S)[S-])C1.O=S1(=O)CC(O)C(N(CCO)C(=S)[S-])C1.[Cd+2]. The number of sulfone groups is 2. The minimum atomic E-state index is -3.22. The Hall–Kier alpha value is 0.882. The van der Waals surface area contributed by atoms with Gasteiger partial charge >= 0.3 is 27.3 Å². The van der Waals surface area contributed by atoms with Gasteiger partial charge in [-0.2, -0.15) is 0 Å². The first-order valence-electron chi connectivity index (χ1n) is 8.68. The van der Waals surface area contributed by atoms with Gasteiger partial charge < -0.3 is 79.9 Å². The molecule has 0 aromatic carbocycles. The van der Waals surface area contributed by atoms with Gasteiger partial charge in [-0.3, -0.25) is 0 Å². The molecule has 2 heterocycles. The molecule has 0 bridgehead atoms. The predicted molar refractivity (Wildman–Crippen MR) is 124 cm³/mol. The van der Waals surface area contributed by atoms with Crippen molar-refractivity contribution < 1.29 is 64.6 Å². The minimum absolute atomic E-state index is 0. The molecule has 0 aromatic rings. The topological polar surface area (TPSA) is 156 Å². The molecular weight excluding hydrogens is 629 g/mol. The van der Waals surface area contributed by atoms with E-state index in [1.807, 2.05) is 0 Å². The van der Waals surface area contributed by atoms with Gasteiger partial charge in [0.1, 0.15) is 0 Å². The fourth-order valence-electron chi connectivity index (χ4n) is 3.22. The summed E-state index contributed by atoms with van der Waals surface area (Å²) in [4.78, 5) is 2.78. The van der Waals surface area contributed by atoms with Crippen molar-refractivity contribution in [2.75, 3.05) is 49.3 Å². The maximum Gasteiger partial charge on any atom is 2.00 e. The molecular formula is C14H24CdN2O8S6. The average molecular weight is 653 g/mol. The third-order valence-corrected chi connectivity index (χ3v) is 8.87. The van der Waals surface area contributed by atoms with Gasteiger partial charge in [-0.15, -0.1) is 0 Å². The van der Waals surface area contributed by atoms with Gasteiger partial charge in [0.2, 0.25) is 0 Å². The number of rotatable bonds is 6. The van der Waals surface area contributed by atoms with Crippen LogP contribution in [0.3, 0.4) is 0 Å². The quantitative estimate of drug-likeness (QED) is 0.128. The molecule has 176 valence electrons. The zero-order valence-electron chi connectivity index (χ0n) is 16.4. The second-order valence-corrected chi connectivity index (χ2v) is 13.2. The van der Waals surface area contributed by atoms with E-state index in [-0.39, 0.29) is 85.3 Å². The van der Waals surface area contributed by atoms with E-state index in [0.717, 1.165) is 0 Å². The summed E-state index contributed by atoms with van der Waals surface area (Å²) in [7, 11) is -6.44. The Labute approximate surface area is 224 Å². The fraction of sp³-hybridized carbons (Fsp3) is 0.857. The van der Waals surface area contributed by atoms with Crippen LogP contribution in [0.2, 0.25) is 0 Å². The third-order valence-electron chi connectivity index (χ3n) is 4.54. The Morgan fingerprint density at radius 2 is 1.06 bits per heavy atom. The zero-order chi connectivity index (χ0) is 23.3. The first kappa shape index (κ1) is 31.9. The predicted octanol–water partition coefficient (Wildman–Crippen LogP) is -3.46. The van der Waals surface area contributed by atoms with E-state index in [4.69, 9.17) is 59.9 Å². The van der Waals surface area contributed by atoms with Crippen LogP contribution in [0.5, 0.6) is 0 Å². The van der Waals surface area contributed by atoms with Gasteiger partial charge in [0.15, 0.2) is 19.7 Å². The van der Waals surface area contributed by atoms with Crippen LogP contribution >= 0.6 is 24.4 Å². The molecule has 4 atom stereocenters. The maximum atomic E-state index is 11.3. The summed E-state index contributed by atoms with van der Waals surface area (Å²) in [6.07, 6.45) is -1.97. The number of aliphatic hydroxyl groups excluding tert-OH is 4. The summed E-state index contributed by atoms with van der Waals surface area (Å²) in [6, 6.07) is -1.24. The van der Waals surface area contributed by atoms with Crippen molar-refractivity contribution in [3.05, 3.63) is 0 Å². The monoisotopic (exact) mass is 654 g/mol. The standard InChI is InChI=1S/2C7H13NO4S3.Cd/c2*9-2-1-8(7(13)14)5-3-15(11,12)4-6(5)10;/h2*5-6,9-10H,1-4H2,(H,13,14);/q;;+2/p-2. The van der Waals surface area contributed by atoms with E-state index in [0.29, 0.717) is 0 Å². The Kier molecular flexibility index (Phi) is 14.1. The van der Waals surface area contributed by atoms with Gasteiger partial charge in [0.25, 0.3) is 0 Å². The summed E-state index contributed by atoms with van der Waals surface area (Å²) in [5.41, 5.74) is 0. The molecule has 4 unspecified atom stereocenters. The molecule has 0 spiro atoms. The molecule has 2 aliphatic rings. The molecule has 0 amide bonds. The van der Waals surface area contributed by atoms with E-state index in [1.54, 1.807) is 0 Å². The van der Waals surface area contributed by atoms with Crippen molar-refractivity contribution in [2.45, 2.75) is 24.3 Å². The Balaban J connectivity index is 0.000000562. The van der Waals surface area contributed by atoms with Gasteiger partial charge in [0.05, 0.1) is 60.5 Å². The van der Waals surface area contributed by atoms with Crippen LogP contribution in [0, 0.1) is 0 Å². The molecule has 0 saturated carbocycles. The van der Waals surface area contributed by atoms with Crippen molar-refractivity contribution in [3.63, 3.8) is 0 Å². The first-order valence-corrected chi connectivity index (χ1v) is 14.0. The van der Waals surface area contributed by atoms with Crippen LogP contribution in [-0.4, -0.2) is 129 Å². The van der Waals surface area contributed by atoms with E-state index in [2.05, 4.69) is 0 Å². The van der Waals surface area contributed by atoms with E-state index < -0.39 is 44.0 Å². The van der Waals surface area contributed by atoms with Gasteiger partial charge in [-0.05, 0) is 0 Å². The minimum Gasteiger partial charge on any atom is -0.411 e. The van der Waals surface area contributed by atoms with Crippen LogP contribution < -0.4 is 0 Å². The molecule has 2 fully saturated rings. The van der Waals surface area contributed by atoms with Crippen LogP contribution in [-0.2, 0) is 72.2 Å². The molecule has 2 rings (SSSR count). The van der Waals surface area contributed by atoms with Crippen molar-refractivity contribution in [1.82, 2.24) is 9.80 Å². The second kappa shape index (κ2) is 13.7. The molecule has 10 nitrogen and oxygen atoms in total. The largest absolute Gasteiger partial charge is 2.00 e. The van der Waals surface area contributed by atoms with Gasteiger partial charge in [-0.25, -0.2) is 16.8 Å². The van der Waals surface area contributed by atoms with Crippen LogP contribution in [0.15, 0.2) is 0 Å². The number of hydrogen-bond donors (Lipinski definition) is 4. The number of thiocarbonyl (C=S) groups is 2. The summed E-state index contributed by atoms with van der Waals surface area (Å²) >= 11 is 19.1. The molecule has 4 N–H and O–H groups in total. The summed E-state index contributed by atoms with van der Waals surface area (Å²) in [5.74, 6) is -0.856. The summed E-state index contributed by atoms with van der Waals surface area (Å²) in [5, 5.41) is 36.7. The molecule has 31 heavy (non-hydrogen) atoms. The average Bonchev–Trinajstić information content (AvgIpc) is 3.03. The van der Waals surface area contributed by atoms with Crippen LogP contribution in [0.4, 0.5) is 0 Å². The molecule has 0 aromatic heterocycles. The molecule has 17 heteroatoms. The molecule has 0 aliphatic carbocycles. The second-order valence-electron chi connectivity index (χ2n) is 6.79. The fourth-order valence-corrected chi connectivity index (χ4v) is 7.73. The van der Waals surface area contributed by atoms with E-state index in [1.165, 1.54) is 9.80 Å². The Morgan fingerprint density at radius 1 is 0.774 bits per heavy atom. The molecule has 2 saturated heterocycles. The molecule has 2 aliphatic heterocycles. The Morgan fingerprint density at radius 3 is 1.23 bits per heavy atom. The number of aliphatic hydroxyl groups is 4.